The van der Waals surface area contributed by atoms with E-state index in [1.54, 1.807) is 0 Å². The fourth-order valence-corrected chi connectivity index (χ4v) is 5.97. The molecular formula is C23H33O4S+. The molecule has 154 valence electrons. The van der Waals surface area contributed by atoms with Crippen molar-refractivity contribution in [2.75, 3.05) is 57.8 Å². The first-order valence-electron chi connectivity index (χ1n) is 10.5. The third-order valence-electron chi connectivity index (χ3n) is 4.87. The summed E-state index contributed by atoms with van der Waals surface area (Å²) in [7, 11) is 0.391. The summed E-state index contributed by atoms with van der Waals surface area (Å²) in [6, 6.07) is 13.1. The number of ether oxygens (including phenoxy) is 4. The second-order valence-corrected chi connectivity index (χ2v) is 9.08. The molecule has 1 saturated heterocycles. The second kappa shape index (κ2) is 12.3. The number of rotatable bonds is 12. The van der Waals surface area contributed by atoms with Crippen LogP contribution >= 0.6 is 0 Å². The van der Waals surface area contributed by atoms with E-state index in [1.165, 1.54) is 46.4 Å². The van der Waals surface area contributed by atoms with Crippen molar-refractivity contribution >= 4 is 21.7 Å². The van der Waals surface area contributed by atoms with E-state index < -0.39 is 0 Å². The SMILES string of the molecule is CCOCCOCCOCCOc1ccc([S+]2CCCCC2)c2ccccc12. The molecule has 0 atom stereocenters. The maximum atomic E-state index is 6.04. The molecule has 5 heteroatoms. The van der Waals surface area contributed by atoms with Crippen LogP contribution in [0.2, 0.25) is 0 Å². The van der Waals surface area contributed by atoms with Crippen molar-refractivity contribution in [1.82, 2.24) is 0 Å². The lowest BCUT2D eigenvalue weighted by Crippen LogP contribution is -2.18. The van der Waals surface area contributed by atoms with Crippen molar-refractivity contribution in [2.45, 2.75) is 31.1 Å². The van der Waals surface area contributed by atoms with Gasteiger partial charge in [0.15, 0.2) is 4.90 Å². The Hall–Kier alpha value is -1.27. The Bertz CT molecular complexity index is 700. The highest BCUT2D eigenvalue weighted by atomic mass is 32.2. The largest absolute Gasteiger partial charge is 0.491 e. The van der Waals surface area contributed by atoms with Crippen LogP contribution < -0.4 is 4.74 Å². The van der Waals surface area contributed by atoms with Gasteiger partial charge in [0.1, 0.15) is 23.9 Å². The van der Waals surface area contributed by atoms with Crippen molar-refractivity contribution in [3.63, 3.8) is 0 Å². The molecule has 28 heavy (non-hydrogen) atoms. The first-order chi connectivity index (χ1) is 13.9. The summed E-state index contributed by atoms with van der Waals surface area (Å²) >= 11 is 0. The number of hydrogen-bond donors (Lipinski definition) is 0. The minimum atomic E-state index is 0.391. The van der Waals surface area contributed by atoms with Crippen molar-refractivity contribution in [1.29, 1.82) is 0 Å². The molecule has 4 nitrogen and oxygen atoms in total. The van der Waals surface area contributed by atoms with Gasteiger partial charge in [-0.3, -0.25) is 0 Å². The minimum absolute atomic E-state index is 0.391. The molecule has 1 fully saturated rings. The van der Waals surface area contributed by atoms with Crippen LogP contribution in [0.1, 0.15) is 26.2 Å². The molecule has 0 aromatic heterocycles. The number of benzene rings is 2. The highest BCUT2D eigenvalue weighted by Crippen LogP contribution is 2.34. The van der Waals surface area contributed by atoms with Crippen LogP contribution in [0, 0.1) is 0 Å². The number of hydrogen-bond acceptors (Lipinski definition) is 4. The molecule has 1 aliphatic rings. The van der Waals surface area contributed by atoms with Crippen LogP contribution in [-0.2, 0) is 25.1 Å². The van der Waals surface area contributed by atoms with Gasteiger partial charge in [0.05, 0.1) is 33.0 Å². The molecule has 0 spiro atoms. The Labute approximate surface area is 171 Å². The standard InChI is InChI=1S/C23H33O4S/c1-2-24-12-13-25-14-15-26-16-17-27-22-10-11-23(28-18-6-3-7-19-28)21-9-5-4-8-20(21)22/h4-5,8-11H,2-3,6-7,12-19H2,1H3/q+1. The molecule has 0 bridgehead atoms. The lowest BCUT2D eigenvalue weighted by molar-refractivity contribution is 0.0115. The Balaban J connectivity index is 1.46. The van der Waals surface area contributed by atoms with Crippen molar-refractivity contribution in [3.05, 3.63) is 36.4 Å². The van der Waals surface area contributed by atoms with Gasteiger partial charge in [-0.15, -0.1) is 0 Å². The van der Waals surface area contributed by atoms with Crippen LogP contribution in [0.25, 0.3) is 10.8 Å². The first-order valence-corrected chi connectivity index (χ1v) is 12.0. The van der Waals surface area contributed by atoms with Crippen molar-refractivity contribution in [3.8, 4) is 5.75 Å². The molecule has 1 aliphatic heterocycles. The molecule has 2 aromatic rings. The Morgan fingerprint density at radius 1 is 0.714 bits per heavy atom. The molecular weight excluding hydrogens is 372 g/mol. The fourth-order valence-electron chi connectivity index (χ4n) is 3.47. The van der Waals surface area contributed by atoms with E-state index >= 15 is 0 Å². The summed E-state index contributed by atoms with van der Waals surface area (Å²) in [5, 5.41) is 2.58. The fraction of sp³-hybridized carbons (Fsp3) is 0.565. The minimum Gasteiger partial charge on any atom is -0.491 e. The second-order valence-electron chi connectivity index (χ2n) is 6.84. The highest BCUT2D eigenvalue weighted by molar-refractivity contribution is 7.97. The molecule has 0 radical (unpaired) electrons. The monoisotopic (exact) mass is 405 g/mol. The smallest absolute Gasteiger partial charge is 0.162 e. The van der Waals surface area contributed by atoms with Gasteiger partial charge in [-0.1, -0.05) is 18.2 Å². The average Bonchev–Trinajstić information content (AvgIpc) is 2.75. The zero-order valence-corrected chi connectivity index (χ0v) is 17.8. The molecule has 0 saturated carbocycles. The molecule has 1 heterocycles. The van der Waals surface area contributed by atoms with Gasteiger partial charge < -0.3 is 18.9 Å². The van der Waals surface area contributed by atoms with E-state index in [2.05, 4.69) is 36.4 Å². The molecule has 0 amide bonds. The zero-order chi connectivity index (χ0) is 19.4. The van der Waals surface area contributed by atoms with Gasteiger partial charge in [-0.25, -0.2) is 0 Å². The molecule has 0 unspecified atom stereocenters. The Morgan fingerprint density at radius 2 is 1.36 bits per heavy atom. The van der Waals surface area contributed by atoms with Crippen LogP contribution in [0.5, 0.6) is 5.75 Å². The van der Waals surface area contributed by atoms with Gasteiger partial charge in [0, 0.05) is 28.3 Å². The topological polar surface area (TPSA) is 36.9 Å². The van der Waals surface area contributed by atoms with Gasteiger partial charge in [0.2, 0.25) is 0 Å². The molecule has 2 aromatic carbocycles. The van der Waals surface area contributed by atoms with E-state index in [1.807, 2.05) is 6.92 Å². The summed E-state index contributed by atoms with van der Waals surface area (Å²) in [5.41, 5.74) is 0. The summed E-state index contributed by atoms with van der Waals surface area (Å²) in [4.78, 5) is 1.52. The van der Waals surface area contributed by atoms with Gasteiger partial charge in [-0.05, 0) is 44.4 Å². The van der Waals surface area contributed by atoms with E-state index in [0.717, 1.165) is 12.4 Å². The maximum absolute atomic E-state index is 6.04. The van der Waals surface area contributed by atoms with E-state index in [-0.39, 0.29) is 0 Å². The molecule has 0 aliphatic carbocycles. The van der Waals surface area contributed by atoms with Gasteiger partial charge >= 0.3 is 0 Å². The van der Waals surface area contributed by atoms with Gasteiger partial charge in [0.25, 0.3) is 0 Å². The van der Waals surface area contributed by atoms with Crippen molar-refractivity contribution < 1.29 is 18.9 Å². The van der Waals surface area contributed by atoms with Crippen LogP contribution in [0.15, 0.2) is 41.3 Å². The first kappa shape index (κ1) is 21.4. The summed E-state index contributed by atoms with van der Waals surface area (Å²) < 4.78 is 22.3. The van der Waals surface area contributed by atoms with Crippen LogP contribution in [0.4, 0.5) is 0 Å². The predicted octanol–water partition coefficient (Wildman–Crippen LogP) is 4.45. The van der Waals surface area contributed by atoms with E-state index in [0.29, 0.717) is 50.5 Å². The van der Waals surface area contributed by atoms with Crippen molar-refractivity contribution in [2.24, 2.45) is 0 Å². The highest BCUT2D eigenvalue weighted by Gasteiger charge is 2.27. The summed E-state index contributed by atoms with van der Waals surface area (Å²) in [5.74, 6) is 3.63. The van der Waals surface area contributed by atoms with Crippen LogP contribution in [0.3, 0.4) is 0 Å². The van der Waals surface area contributed by atoms with Crippen LogP contribution in [-0.4, -0.2) is 57.8 Å². The third-order valence-corrected chi connectivity index (χ3v) is 7.41. The normalized spacial score (nSPS) is 15.2. The van der Waals surface area contributed by atoms with Gasteiger partial charge in [-0.2, -0.15) is 0 Å². The zero-order valence-electron chi connectivity index (χ0n) is 17.0. The molecule has 3 rings (SSSR count). The Kier molecular flexibility index (Phi) is 9.44. The quantitative estimate of drug-likeness (QED) is 0.386. The van der Waals surface area contributed by atoms with E-state index in [9.17, 15) is 0 Å². The third kappa shape index (κ3) is 6.38. The summed E-state index contributed by atoms with van der Waals surface area (Å²) in [6.07, 6.45) is 4.12. The predicted molar refractivity (Wildman–Crippen MR) is 117 cm³/mol. The average molecular weight is 406 g/mol. The molecule has 0 N–H and O–H groups in total. The Morgan fingerprint density at radius 3 is 2.07 bits per heavy atom. The lowest BCUT2D eigenvalue weighted by atomic mass is 10.1. The van der Waals surface area contributed by atoms with E-state index in [4.69, 9.17) is 18.9 Å². The lowest BCUT2D eigenvalue weighted by Gasteiger charge is -2.16. The number of fused-ring (bicyclic) bond motifs is 1. The summed E-state index contributed by atoms with van der Waals surface area (Å²) in [6.45, 7) is 6.26. The maximum Gasteiger partial charge on any atom is 0.162 e.